The molecule has 0 aliphatic heterocycles. The molecule has 0 bridgehead atoms. The molecular formula is C13H29NO. The van der Waals surface area contributed by atoms with Crippen molar-refractivity contribution >= 4 is 0 Å². The molecule has 0 saturated carbocycles. The van der Waals surface area contributed by atoms with Crippen LogP contribution < -0.4 is 5.32 Å². The van der Waals surface area contributed by atoms with Gasteiger partial charge in [0.25, 0.3) is 0 Å². The molecule has 0 aromatic rings. The SMILES string of the molecule is CCCCCCC(NCCC)C(C)OC. The molecule has 0 fully saturated rings. The van der Waals surface area contributed by atoms with Crippen LogP contribution in [0.1, 0.15) is 59.3 Å². The Morgan fingerprint density at radius 3 is 2.33 bits per heavy atom. The Hall–Kier alpha value is -0.0800. The van der Waals surface area contributed by atoms with Crippen molar-refractivity contribution in [3.05, 3.63) is 0 Å². The maximum atomic E-state index is 5.40. The number of ether oxygens (including phenoxy) is 1. The summed E-state index contributed by atoms with van der Waals surface area (Å²) in [5, 5.41) is 3.57. The lowest BCUT2D eigenvalue weighted by Crippen LogP contribution is -2.39. The largest absolute Gasteiger partial charge is 0.380 e. The van der Waals surface area contributed by atoms with E-state index >= 15 is 0 Å². The van der Waals surface area contributed by atoms with E-state index in [2.05, 4.69) is 26.1 Å². The maximum absolute atomic E-state index is 5.40. The number of methoxy groups -OCH3 is 1. The van der Waals surface area contributed by atoms with Crippen molar-refractivity contribution in [2.75, 3.05) is 13.7 Å². The second-order valence-electron chi connectivity index (χ2n) is 4.35. The van der Waals surface area contributed by atoms with Crippen LogP contribution in [0.2, 0.25) is 0 Å². The molecule has 2 atom stereocenters. The third-order valence-electron chi connectivity index (χ3n) is 2.96. The van der Waals surface area contributed by atoms with E-state index in [4.69, 9.17) is 4.74 Å². The highest BCUT2D eigenvalue weighted by molar-refractivity contribution is 4.73. The average Bonchev–Trinajstić information content (AvgIpc) is 2.27. The second-order valence-corrected chi connectivity index (χ2v) is 4.35. The lowest BCUT2D eigenvalue weighted by molar-refractivity contribution is 0.0791. The number of rotatable bonds is 10. The van der Waals surface area contributed by atoms with Gasteiger partial charge in [0.05, 0.1) is 6.10 Å². The van der Waals surface area contributed by atoms with Crippen LogP contribution in [0.15, 0.2) is 0 Å². The van der Waals surface area contributed by atoms with Crippen LogP contribution in [0.3, 0.4) is 0 Å². The lowest BCUT2D eigenvalue weighted by Gasteiger charge is -2.24. The van der Waals surface area contributed by atoms with Gasteiger partial charge in [0.2, 0.25) is 0 Å². The fourth-order valence-corrected chi connectivity index (χ4v) is 1.79. The van der Waals surface area contributed by atoms with E-state index in [9.17, 15) is 0 Å². The number of nitrogens with one attached hydrogen (secondary N) is 1. The lowest BCUT2D eigenvalue weighted by atomic mass is 10.0. The quantitative estimate of drug-likeness (QED) is 0.564. The second kappa shape index (κ2) is 10.4. The molecule has 0 amide bonds. The molecular weight excluding hydrogens is 186 g/mol. The van der Waals surface area contributed by atoms with Gasteiger partial charge in [-0.15, -0.1) is 0 Å². The van der Waals surface area contributed by atoms with Gasteiger partial charge in [-0.1, -0.05) is 39.5 Å². The molecule has 0 radical (unpaired) electrons. The van der Waals surface area contributed by atoms with Crippen LogP contribution in [0.25, 0.3) is 0 Å². The number of hydrogen-bond acceptors (Lipinski definition) is 2. The van der Waals surface area contributed by atoms with E-state index in [0.29, 0.717) is 12.1 Å². The summed E-state index contributed by atoms with van der Waals surface area (Å²) in [5.74, 6) is 0. The zero-order chi connectivity index (χ0) is 11.5. The summed E-state index contributed by atoms with van der Waals surface area (Å²) in [6.45, 7) is 7.72. The normalized spacial score (nSPS) is 15.2. The predicted molar refractivity (Wildman–Crippen MR) is 67.3 cm³/mol. The standard InChI is InChI=1S/C13H29NO/c1-5-7-8-9-10-13(12(3)15-4)14-11-6-2/h12-14H,5-11H2,1-4H3. The highest BCUT2D eigenvalue weighted by Gasteiger charge is 2.14. The van der Waals surface area contributed by atoms with Gasteiger partial charge in [0.15, 0.2) is 0 Å². The van der Waals surface area contributed by atoms with Crippen molar-refractivity contribution in [3.8, 4) is 0 Å². The fraction of sp³-hybridized carbons (Fsp3) is 1.00. The van der Waals surface area contributed by atoms with Gasteiger partial charge in [0, 0.05) is 13.2 Å². The van der Waals surface area contributed by atoms with Gasteiger partial charge in [-0.3, -0.25) is 0 Å². The number of unbranched alkanes of at least 4 members (excludes halogenated alkanes) is 3. The molecule has 0 rings (SSSR count). The van der Waals surface area contributed by atoms with Crippen LogP contribution in [0.4, 0.5) is 0 Å². The molecule has 0 aromatic carbocycles. The van der Waals surface area contributed by atoms with Crippen LogP contribution in [-0.4, -0.2) is 25.8 Å². The predicted octanol–water partition coefficient (Wildman–Crippen LogP) is 3.36. The van der Waals surface area contributed by atoms with Gasteiger partial charge >= 0.3 is 0 Å². The first-order valence-electron chi connectivity index (χ1n) is 6.52. The van der Waals surface area contributed by atoms with Crippen molar-refractivity contribution in [2.45, 2.75) is 71.4 Å². The Labute approximate surface area is 95.8 Å². The summed E-state index contributed by atoms with van der Waals surface area (Å²) in [6, 6.07) is 0.534. The summed E-state index contributed by atoms with van der Waals surface area (Å²) in [4.78, 5) is 0. The molecule has 0 aliphatic carbocycles. The van der Waals surface area contributed by atoms with Crippen LogP contribution in [0, 0.1) is 0 Å². The summed E-state index contributed by atoms with van der Waals surface area (Å²) >= 11 is 0. The molecule has 0 saturated heterocycles. The van der Waals surface area contributed by atoms with Crippen LogP contribution in [0.5, 0.6) is 0 Å². The van der Waals surface area contributed by atoms with Gasteiger partial charge in [-0.2, -0.15) is 0 Å². The number of hydrogen-bond donors (Lipinski definition) is 1. The first-order chi connectivity index (χ1) is 7.26. The molecule has 2 nitrogen and oxygen atoms in total. The Bertz CT molecular complexity index is 128. The molecule has 0 aromatic heterocycles. The highest BCUT2D eigenvalue weighted by atomic mass is 16.5. The Morgan fingerprint density at radius 2 is 1.80 bits per heavy atom. The Kier molecular flexibility index (Phi) is 10.4. The van der Waals surface area contributed by atoms with Crippen LogP contribution >= 0.6 is 0 Å². The Morgan fingerprint density at radius 1 is 1.07 bits per heavy atom. The van der Waals surface area contributed by atoms with Gasteiger partial charge in [-0.05, 0) is 26.3 Å². The highest BCUT2D eigenvalue weighted by Crippen LogP contribution is 2.10. The molecule has 2 heteroatoms. The molecule has 0 spiro atoms. The van der Waals surface area contributed by atoms with Crippen molar-refractivity contribution in [1.82, 2.24) is 5.32 Å². The molecule has 1 N–H and O–H groups in total. The topological polar surface area (TPSA) is 21.3 Å². The summed E-state index contributed by atoms with van der Waals surface area (Å²) in [7, 11) is 1.80. The van der Waals surface area contributed by atoms with Crippen molar-refractivity contribution in [1.29, 1.82) is 0 Å². The van der Waals surface area contributed by atoms with Gasteiger partial charge < -0.3 is 10.1 Å². The zero-order valence-corrected chi connectivity index (χ0v) is 11.0. The molecule has 0 heterocycles. The van der Waals surface area contributed by atoms with E-state index < -0.39 is 0 Å². The third kappa shape index (κ3) is 7.80. The smallest absolute Gasteiger partial charge is 0.0696 e. The minimum atomic E-state index is 0.332. The molecule has 15 heavy (non-hydrogen) atoms. The minimum Gasteiger partial charge on any atom is -0.380 e. The minimum absolute atomic E-state index is 0.332. The van der Waals surface area contributed by atoms with Gasteiger partial charge in [0.1, 0.15) is 0 Å². The van der Waals surface area contributed by atoms with E-state index in [1.807, 2.05) is 0 Å². The first-order valence-corrected chi connectivity index (χ1v) is 6.52. The fourth-order valence-electron chi connectivity index (χ4n) is 1.79. The molecule has 2 unspecified atom stereocenters. The van der Waals surface area contributed by atoms with E-state index in [0.717, 1.165) is 6.54 Å². The maximum Gasteiger partial charge on any atom is 0.0696 e. The van der Waals surface area contributed by atoms with Gasteiger partial charge in [-0.25, -0.2) is 0 Å². The van der Waals surface area contributed by atoms with E-state index in [1.165, 1.54) is 38.5 Å². The van der Waals surface area contributed by atoms with Crippen molar-refractivity contribution in [3.63, 3.8) is 0 Å². The monoisotopic (exact) mass is 215 g/mol. The third-order valence-corrected chi connectivity index (χ3v) is 2.96. The molecule has 0 aliphatic rings. The molecule has 92 valence electrons. The first kappa shape index (κ1) is 14.9. The average molecular weight is 215 g/mol. The van der Waals surface area contributed by atoms with Crippen molar-refractivity contribution in [2.24, 2.45) is 0 Å². The summed E-state index contributed by atoms with van der Waals surface area (Å²) < 4.78 is 5.40. The summed E-state index contributed by atoms with van der Waals surface area (Å²) in [5.41, 5.74) is 0. The Balaban J connectivity index is 3.69. The van der Waals surface area contributed by atoms with Crippen LogP contribution in [-0.2, 0) is 4.74 Å². The van der Waals surface area contributed by atoms with E-state index in [-0.39, 0.29) is 0 Å². The zero-order valence-electron chi connectivity index (χ0n) is 11.0. The summed E-state index contributed by atoms with van der Waals surface area (Å²) in [6.07, 6.45) is 8.13. The van der Waals surface area contributed by atoms with E-state index in [1.54, 1.807) is 7.11 Å². The van der Waals surface area contributed by atoms with Crippen molar-refractivity contribution < 1.29 is 4.74 Å².